The molecule has 0 spiro atoms. The van der Waals surface area contributed by atoms with Crippen LogP contribution in [0.5, 0.6) is 0 Å². The van der Waals surface area contributed by atoms with Crippen LogP contribution in [0.1, 0.15) is 12.8 Å². The van der Waals surface area contributed by atoms with E-state index in [9.17, 15) is 4.79 Å². The molecule has 0 aliphatic carbocycles. The Bertz CT molecular complexity index is 702. The van der Waals surface area contributed by atoms with Gasteiger partial charge in [0.2, 0.25) is 5.95 Å². The smallest absolute Gasteiger partial charge is 0.306 e. The van der Waals surface area contributed by atoms with Crippen molar-refractivity contribution in [3.63, 3.8) is 0 Å². The second-order valence-electron chi connectivity index (χ2n) is 5.44. The molecule has 7 heteroatoms. The van der Waals surface area contributed by atoms with E-state index in [2.05, 4.69) is 20.2 Å². The first kappa shape index (κ1) is 15.6. The molecule has 2 N–H and O–H groups in total. The molecular formula is C16H17ClN4O2. The first-order valence-electron chi connectivity index (χ1n) is 7.46. The maximum Gasteiger partial charge on any atom is 0.306 e. The molecule has 3 rings (SSSR count). The van der Waals surface area contributed by atoms with Gasteiger partial charge in [0, 0.05) is 19.3 Å². The molecule has 2 heterocycles. The summed E-state index contributed by atoms with van der Waals surface area (Å²) in [5.41, 5.74) is 0.746. The minimum Gasteiger partial charge on any atom is -0.481 e. The quantitative estimate of drug-likeness (QED) is 0.895. The number of benzene rings is 1. The number of nitrogens with one attached hydrogen (secondary N) is 1. The summed E-state index contributed by atoms with van der Waals surface area (Å²) >= 11 is 6.12. The molecule has 0 radical (unpaired) electrons. The van der Waals surface area contributed by atoms with Crippen LogP contribution in [0, 0.1) is 5.92 Å². The first-order valence-corrected chi connectivity index (χ1v) is 7.83. The fourth-order valence-electron chi connectivity index (χ4n) is 2.62. The minimum absolute atomic E-state index is 0.256. The van der Waals surface area contributed by atoms with Gasteiger partial charge in [0.15, 0.2) is 0 Å². The number of carboxylic acid groups (broad SMARTS) is 1. The number of para-hydroxylation sites is 1. The molecule has 1 fully saturated rings. The number of rotatable bonds is 4. The lowest BCUT2D eigenvalue weighted by atomic mass is 9.97. The number of piperidine rings is 1. The number of anilines is 3. The lowest BCUT2D eigenvalue weighted by molar-refractivity contribution is -0.142. The summed E-state index contributed by atoms with van der Waals surface area (Å²) in [6, 6.07) is 9.23. The van der Waals surface area contributed by atoms with Crippen molar-refractivity contribution < 1.29 is 9.90 Å². The zero-order chi connectivity index (χ0) is 16.2. The van der Waals surface area contributed by atoms with Crippen LogP contribution in [0.4, 0.5) is 17.5 Å². The number of aromatic nitrogens is 2. The van der Waals surface area contributed by atoms with E-state index >= 15 is 0 Å². The van der Waals surface area contributed by atoms with Gasteiger partial charge in [-0.2, -0.15) is 4.98 Å². The maximum atomic E-state index is 11.0. The van der Waals surface area contributed by atoms with E-state index < -0.39 is 5.97 Å². The van der Waals surface area contributed by atoms with Gasteiger partial charge in [-0.3, -0.25) is 4.79 Å². The molecule has 23 heavy (non-hydrogen) atoms. The molecule has 0 amide bonds. The minimum atomic E-state index is -0.714. The molecule has 0 unspecified atom stereocenters. The Morgan fingerprint density at radius 1 is 1.26 bits per heavy atom. The molecule has 1 aliphatic rings. The molecule has 6 nitrogen and oxygen atoms in total. The molecule has 0 saturated carbocycles. The molecule has 1 aromatic carbocycles. The molecule has 1 aliphatic heterocycles. The van der Waals surface area contributed by atoms with Crippen molar-refractivity contribution in [3.8, 4) is 0 Å². The van der Waals surface area contributed by atoms with E-state index in [1.54, 1.807) is 12.3 Å². The number of aliphatic carboxylic acids is 1. The van der Waals surface area contributed by atoms with Gasteiger partial charge >= 0.3 is 5.97 Å². The highest BCUT2D eigenvalue weighted by Crippen LogP contribution is 2.25. The van der Waals surface area contributed by atoms with Crippen molar-refractivity contribution in [3.05, 3.63) is 41.6 Å². The predicted molar refractivity (Wildman–Crippen MR) is 89.3 cm³/mol. The van der Waals surface area contributed by atoms with E-state index in [0.717, 1.165) is 11.5 Å². The van der Waals surface area contributed by atoms with Crippen molar-refractivity contribution in [1.29, 1.82) is 0 Å². The van der Waals surface area contributed by atoms with Gasteiger partial charge in [-0.05, 0) is 31.0 Å². The van der Waals surface area contributed by atoms with Crippen molar-refractivity contribution in [2.45, 2.75) is 12.8 Å². The largest absolute Gasteiger partial charge is 0.481 e. The van der Waals surface area contributed by atoms with Gasteiger partial charge in [0.05, 0.1) is 16.6 Å². The van der Waals surface area contributed by atoms with Crippen molar-refractivity contribution in [1.82, 2.24) is 9.97 Å². The topological polar surface area (TPSA) is 78.3 Å². The Balaban J connectivity index is 1.71. The van der Waals surface area contributed by atoms with Crippen LogP contribution < -0.4 is 10.2 Å². The average Bonchev–Trinajstić information content (AvgIpc) is 2.57. The van der Waals surface area contributed by atoms with Crippen molar-refractivity contribution in [2.75, 3.05) is 23.3 Å². The van der Waals surface area contributed by atoms with Crippen molar-refractivity contribution in [2.24, 2.45) is 5.92 Å². The van der Waals surface area contributed by atoms with Gasteiger partial charge in [0.1, 0.15) is 5.82 Å². The van der Waals surface area contributed by atoms with Gasteiger partial charge in [0.25, 0.3) is 0 Å². The van der Waals surface area contributed by atoms with Gasteiger partial charge in [-0.1, -0.05) is 23.7 Å². The Morgan fingerprint density at radius 2 is 2.00 bits per heavy atom. The fraction of sp³-hybridized carbons (Fsp3) is 0.312. The molecular weight excluding hydrogens is 316 g/mol. The lowest BCUT2D eigenvalue weighted by Gasteiger charge is -2.31. The highest BCUT2D eigenvalue weighted by molar-refractivity contribution is 6.33. The number of nitrogens with zero attached hydrogens (tertiary/aromatic N) is 3. The molecule has 0 bridgehead atoms. The predicted octanol–water partition coefficient (Wildman–Crippen LogP) is 3.17. The SMILES string of the molecule is O=C(O)C1CCN(c2ccnc(Nc3ccccc3Cl)n2)CC1. The third-order valence-electron chi connectivity index (χ3n) is 3.93. The third kappa shape index (κ3) is 3.71. The van der Waals surface area contributed by atoms with Gasteiger partial charge in [-0.15, -0.1) is 0 Å². The van der Waals surface area contributed by atoms with E-state index in [1.807, 2.05) is 24.3 Å². The highest BCUT2D eigenvalue weighted by Gasteiger charge is 2.25. The first-order chi connectivity index (χ1) is 11.1. The Labute approximate surface area is 139 Å². The number of hydrogen-bond donors (Lipinski definition) is 2. The molecule has 2 aromatic rings. The summed E-state index contributed by atoms with van der Waals surface area (Å²) in [7, 11) is 0. The summed E-state index contributed by atoms with van der Waals surface area (Å²) in [4.78, 5) is 21.8. The Kier molecular flexibility index (Phi) is 4.62. The third-order valence-corrected chi connectivity index (χ3v) is 4.26. The van der Waals surface area contributed by atoms with Crippen LogP contribution in [-0.4, -0.2) is 34.1 Å². The number of carboxylic acids is 1. The van der Waals surface area contributed by atoms with Gasteiger partial charge < -0.3 is 15.3 Å². The second-order valence-corrected chi connectivity index (χ2v) is 5.85. The van der Waals surface area contributed by atoms with E-state index in [-0.39, 0.29) is 5.92 Å². The average molecular weight is 333 g/mol. The summed E-state index contributed by atoms with van der Waals surface area (Å²) in [6.45, 7) is 1.36. The molecule has 120 valence electrons. The van der Waals surface area contributed by atoms with Crippen LogP contribution in [0.3, 0.4) is 0 Å². The van der Waals surface area contributed by atoms with Crippen LogP contribution in [0.25, 0.3) is 0 Å². The molecule has 1 aromatic heterocycles. The monoisotopic (exact) mass is 332 g/mol. The maximum absolute atomic E-state index is 11.0. The zero-order valence-electron chi connectivity index (χ0n) is 12.4. The summed E-state index contributed by atoms with van der Waals surface area (Å²) in [5, 5.41) is 12.8. The highest BCUT2D eigenvalue weighted by atomic mass is 35.5. The number of carbonyl (C=O) groups is 1. The van der Waals surface area contributed by atoms with E-state index in [1.165, 1.54) is 0 Å². The van der Waals surface area contributed by atoms with E-state index in [4.69, 9.17) is 16.7 Å². The molecule has 1 saturated heterocycles. The molecule has 0 atom stereocenters. The summed E-state index contributed by atoms with van der Waals surface area (Å²) in [6.07, 6.45) is 2.95. The van der Waals surface area contributed by atoms with Crippen LogP contribution in [0.2, 0.25) is 5.02 Å². The lowest BCUT2D eigenvalue weighted by Crippen LogP contribution is -2.36. The number of hydrogen-bond acceptors (Lipinski definition) is 5. The second kappa shape index (κ2) is 6.83. The van der Waals surface area contributed by atoms with Crippen molar-refractivity contribution >= 4 is 35.0 Å². The van der Waals surface area contributed by atoms with E-state index in [0.29, 0.717) is 36.9 Å². The van der Waals surface area contributed by atoms with Crippen LogP contribution >= 0.6 is 11.6 Å². The number of halogens is 1. The normalized spacial score (nSPS) is 15.4. The Morgan fingerprint density at radius 3 is 2.70 bits per heavy atom. The fourth-order valence-corrected chi connectivity index (χ4v) is 2.81. The summed E-state index contributed by atoms with van der Waals surface area (Å²) < 4.78 is 0. The summed E-state index contributed by atoms with van der Waals surface area (Å²) in [5.74, 6) is 0.288. The van der Waals surface area contributed by atoms with Crippen LogP contribution in [-0.2, 0) is 4.79 Å². The standard InChI is InChI=1S/C16H17ClN4O2/c17-12-3-1-2-4-13(12)19-16-18-8-5-14(20-16)21-9-6-11(7-10-21)15(22)23/h1-5,8,11H,6-7,9-10H2,(H,22,23)(H,18,19,20). The zero-order valence-corrected chi connectivity index (χ0v) is 13.2. The van der Waals surface area contributed by atoms with Crippen LogP contribution in [0.15, 0.2) is 36.5 Å². The Hall–Kier alpha value is -2.34. The van der Waals surface area contributed by atoms with Gasteiger partial charge in [-0.25, -0.2) is 4.98 Å².